The van der Waals surface area contributed by atoms with Crippen LogP contribution in [0.2, 0.25) is 0 Å². The molecular formula is C21H31N3O3. The van der Waals surface area contributed by atoms with Gasteiger partial charge in [-0.3, -0.25) is 14.5 Å². The molecule has 2 saturated heterocycles. The third-order valence-electron chi connectivity index (χ3n) is 5.81. The molecule has 0 bridgehead atoms. The van der Waals surface area contributed by atoms with E-state index >= 15 is 0 Å². The predicted molar refractivity (Wildman–Crippen MR) is 104 cm³/mol. The molecule has 0 aromatic heterocycles. The van der Waals surface area contributed by atoms with Gasteiger partial charge in [0.2, 0.25) is 11.8 Å². The highest BCUT2D eigenvalue weighted by molar-refractivity contribution is 5.88. The van der Waals surface area contributed by atoms with Crippen LogP contribution in [0.4, 0.5) is 0 Å². The topological polar surface area (TPSA) is 61.9 Å². The van der Waals surface area contributed by atoms with E-state index in [0.717, 1.165) is 39.1 Å². The van der Waals surface area contributed by atoms with Crippen molar-refractivity contribution in [1.82, 2.24) is 15.1 Å². The number of amides is 2. The lowest BCUT2D eigenvalue weighted by Crippen LogP contribution is -2.56. The van der Waals surface area contributed by atoms with Crippen molar-refractivity contribution < 1.29 is 14.3 Å². The zero-order valence-electron chi connectivity index (χ0n) is 16.4. The number of carbonyl (C=O) groups is 2. The smallest absolute Gasteiger partial charge is 0.237 e. The first-order valence-electron chi connectivity index (χ1n) is 9.91. The molecule has 0 spiro atoms. The van der Waals surface area contributed by atoms with Gasteiger partial charge in [0.25, 0.3) is 0 Å². The molecular weight excluding hydrogens is 342 g/mol. The van der Waals surface area contributed by atoms with E-state index in [9.17, 15) is 9.59 Å². The number of hydrogen-bond donors (Lipinski definition) is 1. The molecule has 6 nitrogen and oxygen atoms in total. The Hall–Kier alpha value is -1.92. The van der Waals surface area contributed by atoms with Gasteiger partial charge in [0.05, 0.1) is 12.5 Å². The summed E-state index contributed by atoms with van der Waals surface area (Å²) in [5.41, 5.74) is 2.43. The number of ether oxygens (including phenoxy) is 1. The van der Waals surface area contributed by atoms with E-state index in [1.54, 1.807) is 7.11 Å². The average Bonchev–Trinajstić information content (AvgIpc) is 2.67. The highest BCUT2D eigenvalue weighted by Crippen LogP contribution is 2.21. The summed E-state index contributed by atoms with van der Waals surface area (Å²) in [6.45, 7) is 6.48. The first kappa shape index (κ1) is 19.8. The second kappa shape index (κ2) is 9.33. The van der Waals surface area contributed by atoms with Gasteiger partial charge in [-0.05, 0) is 36.8 Å². The van der Waals surface area contributed by atoms with Crippen molar-refractivity contribution in [2.75, 3.05) is 39.9 Å². The van der Waals surface area contributed by atoms with Gasteiger partial charge in [-0.1, -0.05) is 24.3 Å². The number of aryl methyl sites for hydroxylation is 1. The van der Waals surface area contributed by atoms with E-state index in [-0.39, 0.29) is 24.3 Å². The Kier molecular flexibility index (Phi) is 6.85. The highest BCUT2D eigenvalue weighted by Gasteiger charge is 2.34. The minimum absolute atomic E-state index is 0.0301. The molecule has 148 valence electrons. The Bertz CT molecular complexity index is 656. The van der Waals surface area contributed by atoms with Gasteiger partial charge in [-0.2, -0.15) is 0 Å². The van der Waals surface area contributed by atoms with Gasteiger partial charge in [-0.15, -0.1) is 0 Å². The van der Waals surface area contributed by atoms with Crippen LogP contribution < -0.4 is 5.32 Å². The molecule has 0 radical (unpaired) electrons. The van der Waals surface area contributed by atoms with E-state index in [4.69, 9.17) is 4.74 Å². The van der Waals surface area contributed by atoms with Crippen LogP contribution >= 0.6 is 0 Å². The predicted octanol–water partition coefficient (Wildman–Crippen LogP) is 1.57. The van der Waals surface area contributed by atoms with E-state index in [2.05, 4.69) is 29.3 Å². The molecule has 2 aliphatic rings. The lowest BCUT2D eigenvalue weighted by Gasteiger charge is -2.37. The maximum atomic E-state index is 12.8. The molecule has 1 atom stereocenters. The fourth-order valence-corrected chi connectivity index (χ4v) is 4.06. The van der Waals surface area contributed by atoms with Crippen LogP contribution in [0, 0.1) is 12.8 Å². The molecule has 3 rings (SSSR count). The number of likely N-dealkylation sites (tertiary alicyclic amines) is 1. The minimum Gasteiger partial charge on any atom is -0.384 e. The maximum Gasteiger partial charge on any atom is 0.237 e. The summed E-state index contributed by atoms with van der Waals surface area (Å²) in [5.74, 6) is 0.592. The van der Waals surface area contributed by atoms with Gasteiger partial charge in [-0.25, -0.2) is 0 Å². The number of piperazine rings is 1. The maximum absolute atomic E-state index is 12.8. The Morgan fingerprint density at radius 3 is 2.67 bits per heavy atom. The minimum atomic E-state index is -0.387. The summed E-state index contributed by atoms with van der Waals surface area (Å²) in [6.07, 6.45) is 2.21. The molecule has 0 aliphatic carbocycles. The largest absolute Gasteiger partial charge is 0.384 e. The summed E-state index contributed by atoms with van der Waals surface area (Å²) >= 11 is 0. The SMILES string of the molecule is COCC1CCN(C(=O)CC2C(=O)NCCN2Cc2ccccc2C)CC1. The number of nitrogens with one attached hydrogen (secondary N) is 1. The average molecular weight is 373 g/mol. The summed E-state index contributed by atoms with van der Waals surface area (Å²) < 4.78 is 5.23. The van der Waals surface area contributed by atoms with E-state index in [1.165, 1.54) is 11.1 Å². The summed E-state index contributed by atoms with van der Waals surface area (Å²) in [7, 11) is 1.72. The lowest BCUT2D eigenvalue weighted by atomic mass is 9.97. The number of carbonyl (C=O) groups excluding carboxylic acids is 2. The van der Waals surface area contributed by atoms with Gasteiger partial charge in [0, 0.05) is 46.4 Å². The second-order valence-electron chi connectivity index (χ2n) is 7.69. The number of rotatable bonds is 6. The first-order valence-corrected chi connectivity index (χ1v) is 9.91. The van der Waals surface area contributed by atoms with Crippen LogP contribution in [-0.2, 0) is 20.9 Å². The summed E-state index contributed by atoms with van der Waals surface area (Å²) in [4.78, 5) is 29.4. The van der Waals surface area contributed by atoms with Crippen molar-refractivity contribution in [2.24, 2.45) is 5.92 Å². The van der Waals surface area contributed by atoms with Crippen LogP contribution in [-0.4, -0.2) is 67.6 Å². The Labute approximate surface area is 161 Å². The number of benzene rings is 1. The molecule has 2 fully saturated rings. The molecule has 2 amide bonds. The van der Waals surface area contributed by atoms with Crippen molar-refractivity contribution >= 4 is 11.8 Å². The standard InChI is InChI=1S/C21H31N3O3/c1-16-5-3-4-6-18(16)14-24-12-9-22-21(26)19(24)13-20(25)23-10-7-17(8-11-23)15-27-2/h3-6,17,19H,7-15H2,1-2H3,(H,22,26). The van der Waals surface area contributed by atoms with E-state index < -0.39 is 0 Å². The molecule has 1 aromatic rings. The fourth-order valence-electron chi connectivity index (χ4n) is 4.06. The lowest BCUT2D eigenvalue weighted by molar-refractivity contribution is -0.140. The molecule has 6 heteroatoms. The van der Waals surface area contributed by atoms with E-state index in [0.29, 0.717) is 19.0 Å². The molecule has 1 aromatic carbocycles. The Morgan fingerprint density at radius 1 is 1.22 bits per heavy atom. The van der Waals surface area contributed by atoms with Crippen LogP contribution in [0.15, 0.2) is 24.3 Å². The fraction of sp³-hybridized carbons (Fsp3) is 0.619. The molecule has 2 heterocycles. The van der Waals surface area contributed by atoms with Crippen molar-refractivity contribution in [3.05, 3.63) is 35.4 Å². The van der Waals surface area contributed by atoms with Gasteiger partial charge < -0.3 is 15.0 Å². The third kappa shape index (κ3) is 5.08. The number of methoxy groups -OCH3 is 1. The first-order chi connectivity index (χ1) is 13.1. The second-order valence-corrected chi connectivity index (χ2v) is 7.69. The zero-order chi connectivity index (χ0) is 19.2. The van der Waals surface area contributed by atoms with Crippen LogP contribution in [0.5, 0.6) is 0 Å². The Morgan fingerprint density at radius 2 is 1.96 bits per heavy atom. The normalized spacial score (nSPS) is 21.9. The summed E-state index contributed by atoms with van der Waals surface area (Å²) in [5, 5.41) is 2.93. The van der Waals surface area contributed by atoms with E-state index in [1.807, 2.05) is 17.0 Å². The van der Waals surface area contributed by atoms with Crippen LogP contribution in [0.25, 0.3) is 0 Å². The monoisotopic (exact) mass is 373 g/mol. The Balaban J connectivity index is 1.61. The van der Waals surface area contributed by atoms with Crippen molar-refractivity contribution in [3.8, 4) is 0 Å². The summed E-state index contributed by atoms with van der Waals surface area (Å²) in [6, 6.07) is 7.85. The van der Waals surface area contributed by atoms with Gasteiger partial charge >= 0.3 is 0 Å². The van der Waals surface area contributed by atoms with Crippen molar-refractivity contribution in [1.29, 1.82) is 0 Å². The van der Waals surface area contributed by atoms with Gasteiger partial charge in [0.15, 0.2) is 0 Å². The zero-order valence-corrected chi connectivity index (χ0v) is 16.4. The highest BCUT2D eigenvalue weighted by atomic mass is 16.5. The third-order valence-corrected chi connectivity index (χ3v) is 5.81. The molecule has 27 heavy (non-hydrogen) atoms. The van der Waals surface area contributed by atoms with Crippen LogP contribution in [0.3, 0.4) is 0 Å². The van der Waals surface area contributed by atoms with Crippen molar-refractivity contribution in [3.63, 3.8) is 0 Å². The number of piperidine rings is 1. The number of hydrogen-bond acceptors (Lipinski definition) is 4. The molecule has 2 aliphatic heterocycles. The van der Waals surface area contributed by atoms with Crippen molar-refractivity contribution in [2.45, 2.75) is 38.8 Å². The quantitative estimate of drug-likeness (QED) is 0.822. The molecule has 0 saturated carbocycles. The number of nitrogens with zero attached hydrogens (tertiary/aromatic N) is 2. The van der Waals surface area contributed by atoms with Gasteiger partial charge in [0.1, 0.15) is 0 Å². The van der Waals surface area contributed by atoms with Crippen LogP contribution in [0.1, 0.15) is 30.4 Å². The molecule has 1 N–H and O–H groups in total. The molecule has 1 unspecified atom stereocenters.